The van der Waals surface area contributed by atoms with Crippen molar-refractivity contribution in [3.63, 3.8) is 0 Å². The fraction of sp³-hybridized carbons (Fsp3) is 0.579. The SMILES string of the molecule is CCCOC1(CC2=[C]([Sn])CC=C2)CC=CC=C1C(C)(C)C. The van der Waals surface area contributed by atoms with E-state index in [0.717, 1.165) is 32.3 Å². The van der Waals surface area contributed by atoms with E-state index in [9.17, 15) is 0 Å². The molecular formula is C19H27OSn. The van der Waals surface area contributed by atoms with Gasteiger partial charge in [0, 0.05) is 0 Å². The third-order valence-electron chi connectivity index (χ3n) is 4.23. The topological polar surface area (TPSA) is 9.23 Å². The molecule has 113 valence electrons. The Morgan fingerprint density at radius 1 is 1.29 bits per heavy atom. The van der Waals surface area contributed by atoms with Crippen molar-refractivity contribution in [1.82, 2.24) is 0 Å². The van der Waals surface area contributed by atoms with E-state index in [1.54, 1.807) is 26.1 Å². The zero-order valence-electron chi connectivity index (χ0n) is 13.8. The number of rotatable bonds is 5. The molecule has 1 atom stereocenters. The first-order chi connectivity index (χ1) is 9.89. The van der Waals surface area contributed by atoms with Crippen LogP contribution < -0.4 is 0 Å². The predicted octanol–water partition coefficient (Wildman–Crippen LogP) is 4.86. The zero-order valence-corrected chi connectivity index (χ0v) is 16.7. The third-order valence-corrected chi connectivity index (χ3v) is 5.73. The Morgan fingerprint density at radius 3 is 2.62 bits per heavy atom. The molecule has 21 heavy (non-hydrogen) atoms. The Balaban J connectivity index is 2.36. The summed E-state index contributed by atoms with van der Waals surface area (Å²) in [5.74, 6) is 0. The van der Waals surface area contributed by atoms with Gasteiger partial charge in [0.25, 0.3) is 0 Å². The normalized spacial score (nSPS) is 25.7. The van der Waals surface area contributed by atoms with Crippen LogP contribution in [0.4, 0.5) is 0 Å². The van der Waals surface area contributed by atoms with E-state index in [0.29, 0.717) is 0 Å². The molecule has 1 nitrogen and oxygen atoms in total. The van der Waals surface area contributed by atoms with Gasteiger partial charge in [-0.1, -0.05) is 0 Å². The third kappa shape index (κ3) is 3.92. The first kappa shape index (κ1) is 17.1. The molecule has 0 amide bonds. The van der Waals surface area contributed by atoms with Crippen LogP contribution in [0.5, 0.6) is 0 Å². The quantitative estimate of drug-likeness (QED) is 0.610. The summed E-state index contributed by atoms with van der Waals surface area (Å²) in [5.41, 5.74) is 2.95. The first-order valence-electron chi connectivity index (χ1n) is 8.01. The van der Waals surface area contributed by atoms with Crippen molar-refractivity contribution in [3.05, 3.63) is 45.1 Å². The zero-order chi connectivity index (χ0) is 15.5. The minimum absolute atomic E-state index is 0.142. The average molecular weight is 390 g/mol. The van der Waals surface area contributed by atoms with Gasteiger partial charge in [-0.25, -0.2) is 0 Å². The van der Waals surface area contributed by atoms with Crippen LogP contribution in [0.15, 0.2) is 45.1 Å². The molecular weight excluding hydrogens is 363 g/mol. The molecule has 2 heteroatoms. The van der Waals surface area contributed by atoms with E-state index in [4.69, 9.17) is 4.74 Å². The predicted molar refractivity (Wildman–Crippen MR) is 91.4 cm³/mol. The van der Waals surface area contributed by atoms with E-state index in [1.807, 2.05) is 0 Å². The summed E-state index contributed by atoms with van der Waals surface area (Å²) in [5, 5.41) is 0. The second kappa shape index (κ2) is 6.87. The van der Waals surface area contributed by atoms with Crippen molar-refractivity contribution in [1.29, 1.82) is 0 Å². The van der Waals surface area contributed by atoms with Gasteiger partial charge in [-0.05, 0) is 0 Å². The van der Waals surface area contributed by atoms with Crippen molar-refractivity contribution in [2.75, 3.05) is 6.61 Å². The standard InChI is InChI=1S/C19H27O.Sn/c1-5-14-20-19(15-16-10-6-7-11-16)13-9-8-12-17(19)18(2,3)4;/h6,8-10,12H,5,7,13-15H2,1-4H3;. The summed E-state index contributed by atoms with van der Waals surface area (Å²) in [6, 6.07) is 0. The van der Waals surface area contributed by atoms with Crippen LogP contribution in [-0.2, 0) is 4.74 Å². The van der Waals surface area contributed by atoms with Crippen LogP contribution >= 0.6 is 0 Å². The summed E-state index contributed by atoms with van der Waals surface area (Å²) >= 11 is 1.55. The Kier molecular flexibility index (Phi) is 5.59. The van der Waals surface area contributed by atoms with Crippen LogP contribution in [0, 0.1) is 5.41 Å². The van der Waals surface area contributed by atoms with E-state index < -0.39 is 0 Å². The first-order valence-corrected chi connectivity index (χ1v) is 9.44. The van der Waals surface area contributed by atoms with Gasteiger partial charge in [-0.15, -0.1) is 0 Å². The number of hydrogen-bond donors (Lipinski definition) is 0. The second-order valence-corrected chi connectivity index (χ2v) is 8.82. The van der Waals surface area contributed by atoms with Gasteiger partial charge in [0.15, 0.2) is 0 Å². The van der Waals surface area contributed by atoms with Crippen molar-refractivity contribution in [2.24, 2.45) is 5.41 Å². The van der Waals surface area contributed by atoms with Gasteiger partial charge in [-0.3, -0.25) is 0 Å². The van der Waals surface area contributed by atoms with Crippen molar-refractivity contribution in [3.8, 4) is 0 Å². The van der Waals surface area contributed by atoms with Crippen LogP contribution in [-0.4, -0.2) is 34.7 Å². The van der Waals surface area contributed by atoms with Crippen LogP contribution in [0.3, 0.4) is 0 Å². The summed E-state index contributed by atoms with van der Waals surface area (Å²) in [4.78, 5) is 0. The van der Waals surface area contributed by atoms with Crippen molar-refractivity contribution in [2.45, 2.75) is 59.0 Å². The summed E-state index contributed by atoms with van der Waals surface area (Å²) in [6.45, 7) is 9.94. The molecule has 0 aromatic heterocycles. The minimum atomic E-state index is -0.144. The fourth-order valence-electron chi connectivity index (χ4n) is 3.29. The average Bonchev–Trinajstić information content (AvgIpc) is 2.81. The molecule has 0 saturated heterocycles. The van der Waals surface area contributed by atoms with Crippen molar-refractivity contribution >= 4 is 22.5 Å². The maximum atomic E-state index is 6.49. The molecule has 1 unspecified atom stereocenters. The molecule has 0 N–H and O–H groups in total. The van der Waals surface area contributed by atoms with Gasteiger partial charge in [0.1, 0.15) is 0 Å². The second-order valence-electron chi connectivity index (χ2n) is 7.09. The fourth-order valence-corrected chi connectivity index (χ4v) is 4.12. The van der Waals surface area contributed by atoms with E-state index in [-0.39, 0.29) is 11.0 Å². The molecule has 2 aliphatic carbocycles. The van der Waals surface area contributed by atoms with Crippen LogP contribution in [0.1, 0.15) is 53.4 Å². The Labute approximate surface area is 143 Å². The summed E-state index contributed by atoms with van der Waals surface area (Å²) < 4.78 is 8.08. The molecule has 0 aliphatic heterocycles. The number of allylic oxidation sites excluding steroid dienone is 5. The van der Waals surface area contributed by atoms with Gasteiger partial charge < -0.3 is 0 Å². The van der Waals surface area contributed by atoms with Gasteiger partial charge >= 0.3 is 143 Å². The molecule has 0 aromatic carbocycles. The van der Waals surface area contributed by atoms with Gasteiger partial charge in [-0.2, -0.15) is 0 Å². The van der Waals surface area contributed by atoms with Gasteiger partial charge in [0.05, 0.1) is 0 Å². The molecule has 0 bridgehead atoms. The molecule has 0 heterocycles. The molecule has 0 aromatic rings. The Morgan fingerprint density at radius 2 is 2.05 bits per heavy atom. The van der Waals surface area contributed by atoms with Crippen molar-refractivity contribution < 1.29 is 4.74 Å². The van der Waals surface area contributed by atoms with Crippen LogP contribution in [0.2, 0.25) is 0 Å². The monoisotopic (exact) mass is 391 g/mol. The molecule has 0 spiro atoms. The van der Waals surface area contributed by atoms with E-state index in [2.05, 4.69) is 58.1 Å². The van der Waals surface area contributed by atoms with Gasteiger partial charge in [0.2, 0.25) is 0 Å². The Hall–Kier alpha value is -0.281. The van der Waals surface area contributed by atoms with E-state index in [1.165, 1.54) is 11.1 Å². The van der Waals surface area contributed by atoms with Crippen LogP contribution in [0.25, 0.3) is 0 Å². The Bertz CT molecular complexity index is 502. The number of hydrogen-bond acceptors (Lipinski definition) is 1. The molecule has 2 rings (SSSR count). The maximum absolute atomic E-state index is 6.49. The summed E-state index contributed by atoms with van der Waals surface area (Å²) in [7, 11) is 0. The summed E-state index contributed by atoms with van der Waals surface area (Å²) in [6.07, 6.45) is 15.6. The van der Waals surface area contributed by atoms with E-state index >= 15 is 0 Å². The molecule has 0 saturated carbocycles. The molecule has 3 radical (unpaired) electrons. The molecule has 2 aliphatic rings. The number of ether oxygens (including phenoxy) is 1. The molecule has 0 fully saturated rings.